The Morgan fingerprint density at radius 1 is 1.55 bits per heavy atom. The second-order valence-electron chi connectivity index (χ2n) is 1.88. The van der Waals surface area contributed by atoms with Crippen molar-refractivity contribution in [2.75, 3.05) is 5.75 Å². The zero-order valence-corrected chi connectivity index (χ0v) is 10.3. The van der Waals surface area contributed by atoms with Crippen LogP contribution in [0.15, 0.2) is 20.9 Å². The van der Waals surface area contributed by atoms with Gasteiger partial charge in [0.05, 0.1) is 0 Å². The van der Waals surface area contributed by atoms with Crippen molar-refractivity contribution in [3.8, 4) is 0 Å². The van der Waals surface area contributed by atoms with Crippen LogP contribution in [0.3, 0.4) is 0 Å². The van der Waals surface area contributed by atoms with Crippen molar-refractivity contribution in [3.63, 3.8) is 0 Å². The summed E-state index contributed by atoms with van der Waals surface area (Å²) in [6.45, 7) is 2.19. The van der Waals surface area contributed by atoms with Crippen LogP contribution in [0.5, 0.6) is 0 Å². The molecular formula is C7H11Cl2STi. The minimum Gasteiger partial charge on any atom is -0.147 e. The summed E-state index contributed by atoms with van der Waals surface area (Å²) in [7, 11) is 0. The molecule has 1 aliphatic rings. The minimum absolute atomic E-state index is 0. The molecular weight excluding hydrogens is 235 g/mol. The average molecular weight is 246 g/mol. The first-order chi connectivity index (χ1) is 4.34. The van der Waals surface area contributed by atoms with E-state index in [-0.39, 0.29) is 24.8 Å². The summed E-state index contributed by atoms with van der Waals surface area (Å²) in [4.78, 5) is 1.48. The summed E-state index contributed by atoms with van der Waals surface area (Å²) in [5.41, 5.74) is 0. The third-order valence-corrected chi connectivity index (χ3v) is 3.19. The maximum atomic E-state index is 2.23. The van der Waals surface area contributed by atoms with E-state index in [4.69, 9.17) is 0 Å². The van der Waals surface area contributed by atoms with E-state index >= 15 is 0 Å². The Kier molecular flexibility index (Phi) is 10.3. The molecule has 4 heteroatoms. The number of allylic oxidation sites excluding steroid dienone is 3. The van der Waals surface area contributed by atoms with E-state index in [9.17, 15) is 0 Å². The van der Waals surface area contributed by atoms with Gasteiger partial charge in [0.25, 0.3) is 0 Å². The van der Waals surface area contributed by atoms with Gasteiger partial charge in [0, 0.05) is 0 Å². The summed E-state index contributed by atoms with van der Waals surface area (Å²) in [6, 6.07) is 0. The molecule has 0 spiro atoms. The molecule has 0 heterocycles. The minimum atomic E-state index is 0. The van der Waals surface area contributed by atoms with Gasteiger partial charge in [0.15, 0.2) is 0 Å². The Labute approximate surface area is 96.5 Å². The third-order valence-electron chi connectivity index (χ3n) is 1.19. The van der Waals surface area contributed by atoms with E-state index in [2.05, 4.69) is 39.5 Å². The van der Waals surface area contributed by atoms with Crippen molar-refractivity contribution >= 4 is 36.6 Å². The van der Waals surface area contributed by atoms with Gasteiger partial charge < -0.3 is 0 Å². The molecule has 0 saturated heterocycles. The van der Waals surface area contributed by atoms with Gasteiger partial charge in [-0.1, -0.05) is 0 Å². The predicted octanol–water partition coefficient (Wildman–Crippen LogP) is 3.30. The molecule has 11 heavy (non-hydrogen) atoms. The third kappa shape index (κ3) is 4.64. The van der Waals surface area contributed by atoms with E-state index in [1.165, 1.54) is 21.0 Å². The van der Waals surface area contributed by atoms with Crippen molar-refractivity contribution in [1.29, 1.82) is 0 Å². The van der Waals surface area contributed by atoms with Crippen LogP contribution in [0, 0.1) is 0 Å². The van der Waals surface area contributed by atoms with Gasteiger partial charge in [0.1, 0.15) is 0 Å². The molecule has 1 rings (SSSR count). The first-order valence-electron chi connectivity index (χ1n) is 3.08. The van der Waals surface area contributed by atoms with Gasteiger partial charge in [-0.15, -0.1) is 24.8 Å². The van der Waals surface area contributed by atoms with E-state index in [1.54, 1.807) is 0 Å². The molecule has 0 aromatic rings. The Bertz CT molecular complexity index is 166. The summed E-state index contributed by atoms with van der Waals surface area (Å²) in [5, 5.41) is 0. The van der Waals surface area contributed by atoms with Gasteiger partial charge in [0.2, 0.25) is 0 Å². The molecule has 0 aliphatic heterocycles. The van der Waals surface area contributed by atoms with Gasteiger partial charge in [-0.25, -0.2) is 0 Å². The smallest absolute Gasteiger partial charge is 0.147 e. The van der Waals surface area contributed by atoms with Crippen LogP contribution in [-0.2, 0) is 20.4 Å². The Hall–Kier alpha value is 1.12. The Morgan fingerprint density at radius 2 is 2.18 bits per heavy atom. The van der Waals surface area contributed by atoms with Crippen LogP contribution in [0.1, 0.15) is 13.3 Å². The molecule has 63 valence electrons. The SMILES string of the molecule is CCSC1=[C]([Ti])CC=C1.Cl.Cl. The molecule has 0 unspecified atom stereocenters. The molecule has 0 atom stereocenters. The summed E-state index contributed by atoms with van der Waals surface area (Å²) in [5.74, 6) is 1.19. The first kappa shape index (κ1) is 14.6. The molecule has 0 aromatic carbocycles. The molecule has 0 bridgehead atoms. The fourth-order valence-corrected chi connectivity index (χ4v) is 2.19. The van der Waals surface area contributed by atoms with Crippen LogP contribution < -0.4 is 0 Å². The largest absolute Gasteiger partial charge is 0.147 e. The molecule has 0 fully saturated rings. The van der Waals surface area contributed by atoms with E-state index in [0.717, 1.165) is 0 Å². The van der Waals surface area contributed by atoms with Crippen LogP contribution in [-0.4, -0.2) is 5.75 Å². The summed E-state index contributed by atoms with van der Waals surface area (Å²) < 4.78 is 1.53. The quantitative estimate of drug-likeness (QED) is 0.673. The van der Waals surface area contributed by atoms with Gasteiger partial charge in [-0.2, -0.15) is 0 Å². The van der Waals surface area contributed by atoms with Crippen molar-refractivity contribution in [3.05, 3.63) is 20.9 Å². The van der Waals surface area contributed by atoms with Crippen molar-refractivity contribution in [2.45, 2.75) is 13.3 Å². The predicted molar refractivity (Wildman–Crippen MR) is 53.4 cm³/mol. The molecule has 0 N–H and O–H groups in total. The normalized spacial score (nSPS) is 14.2. The number of rotatable bonds is 2. The Morgan fingerprint density at radius 3 is 2.55 bits per heavy atom. The maximum Gasteiger partial charge on any atom is -0.147 e. The zero-order chi connectivity index (χ0) is 6.69. The second-order valence-corrected chi connectivity index (χ2v) is 4.13. The molecule has 0 nitrogen and oxygen atoms in total. The van der Waals surface area contributed by atoms with Crippen molar-refractivity contribution in [2.24, 2.45) is 0 Å². The molecule has 0 amide bonds. The Balaban J connectivity index is 0. The van der Waals surface area contributed by atoms with Crippen molar-refractivity contribution < 1.29 is 20.4 Å². The molecule has 0 saturated carbocycles. The molecule has 1 aliphatic carbocycles. The van der Waals surface area contributed by atoms with Crippen LogP contribution >= 0.6 is 36.6 Å². The number of halogens is 2. The van der Waals surface area contributed by atoms with E-state index in [1.807, 2.05) is 11.8 Å². The van der Waals surface area contributed by atoms with E-state index < -0.39 is 0 Å². The molecule has 0 radical (unpaired) electrons. The zero-order valence-electron chi connectivity index (χ0n) is 6.29. The number of thioether (sulfide) groups is 1. The average Bonchev–Trinajstić information content (AvgIpc) is 2.18. The number of hydrogen-bond donors (Lipinski definition) is 0. The molecule has 0 aromatic heterocycles. The fourth-order valence-electron chi connectivity index (χ4n) is 0.776. The van der Waals surface area contributed by atoms with Gasteiger partial charge in [-0.3, -0.25) is 0 Å². The monoisotopic (exact) mass is 245 g/mol. The van der Waals surface area contributed by atoms with E-state index in [0.29, 0.717) is 0 Å². The van der Waals surface area contributed by atoms with Gasteiger partial charge >= 0.3 is 72.2 Å². The maximum absolute atomic E-state index is 2.23. The topological polar surface area (TPSA) is 0 Å². The first-order valence-corrected chi connectivity index (χ1v) is 4.85. The standard InChI is InChI=1S/C7H9S.2ClH.Ti/c1-2-8-7-5-3-4-6-7;;;/h3,5H,2,4H2,1H3;2*1H;. The summed E-state index contributed by atoms with van der Waals surface area (Å²) >= 11 is 4.15. The van der Waals surface area contributed by atoms with Crippen LogP contribution in [0.4, 0.5) is 0 Å². The van der Waals surface area contributed by atoms with Gasteiger partial charge in [-0.05, 0) is 0 Å². The van der Waals surface area contributed by atoms with Crippen LogP contribution in [0.2, 0.25) is 0 Å². The number of hydrogen-bond acceptors (Lipinski definition) is 1. The second kappa shape index (κ2) is 7.76. The summed E-state index contributed by atoms with van der Waals surface area (Å²) in [6.07, 6.45) is 5.62. The van der Waals surface area contributed by atoms with Crippen molar-refractivity contribution in [1.82, 2.24) is 0 Å². The fraction of sp³-hybridized carbons (Fsp3) is 0.429. The van der Waals surface area contributed by atoms with Crippen LogP contribution in [0.25, 0.3) is 0 Å².